The molecule has 0 aliphatic carbocycles. The van der Waals surface area contributed by atoms with Gasteiger partial charge in [0.25, 0.3) is 0 Å². The molecule has 0 amide bonds. The van der Waals surface area contributed by atoms with Crippen LogP contribution in [0.1, 0.15) is 25.0 Å². The second kappa shape index (κ2) is 9.34. The van der Waals surface area contributed by atoms with E-state index in [2.05, 4.69) is 20.6 Å². The van der Waals surface area contributed by atoms with E-state index >= 15 is 0 Å². The van der Waals surface area contributed by atoms with Gasteiger partial charge in [0.2, 0.25) is 5.95 Å². The third kappa shape index (κ3) is 6.09. The summed E-state index contributed by atoms with van der Waals surface area (Å²) in [7, 11) is 0. The maximum absolute atomic E-state index is 13.5. The van der Waals surface area contributed by atoms with Crippen LogP contribution in [0.4, 0.5) is 36.3 Å². The molecule has 0 spiro atoms. The van der Waals surface area contributed by atoms with E-state index in [9.17, 15) is 13.2 Å². The van der Waals surface area contributed by atoms with Crippen molar-refractivity contribution in [3.63, 3.8) is 0 Å². The molecule has 0 radical (unpaired) electrons. The lowest BCUT2D eigenvalue weighted by Crippen LogP contribution is -2.12. The molecule has 6 nitrogen and oxygen atoms in total. The minimum Gasteiger partial charge on any atom is -0.493 e. The highest BCUT2D eigenvalue weighted by Gasteiger charge is 2.35. The zero-order valence-electron chi connectivity index (χ0n) is 16.9. The number of hydrogen-bond donors (Lipinski definition) is 2. The van der Waals surface area contributed by atoms with Crippen molar-refractivity contribution in [1.82, 2.24) is 9.97 Å². The lowest BCUT2D eigenvalue weighted by Gasteiger charge is -2.16. The van der Waals surface area contributed by atoms with Gasteiger partial charge in [-0.15, -0.1) is 0 Å². The Labute approximate surface area is 177 Å². The van der Waals surface area contributed by atoms with Crippen LogP contribution in [0.5, 0.6) is 5.75 Å². The van der Waals surface area contributed by atoms with Crippen LogP contribution >= 0.6 is 0 Å². The maximum Gasteiger partial charge on any atom is 0.421 e. The highest BCUT2D eigenvalue weighted by atomic mass is 19.4. The van der Waals surface area contributed by atoms with Crippen LogP contribution in [-0.2, 0) is 6.18 Å². The number of nitrogens with zero attached hydrogens (tertiary/aromatic N) is 3. The summed E-state index contributed by atoms with van der Waals surface area (Å²) in [5.74, 6) is 0.440. The van der Waals surface area contributed by atoms with Gasteiger partial charge in [-0.05, 0) is 42.3 Å². The van der Waals surface area contributed by atoms with Gasteiger partial charge in [-0.3, -0.25) is 0 Å². The van der Waals surface area contributed by atoms with Gasteiger partial charge in [0.05, 0.1) is 18.2 Å². The molecule has 0 saturated carbocycles. The largest absolute Gasteiger partial charge is 0.493 e. The van der Waals surface area contributed by atoms with E-state index in [4.69, 9.17) is 10.00 Å². The fourth-order valence-electron chi connectivity index (χ4n) is 2.57. The van der Waals surface area contributed by atoms with E-state index in [1.807, 2.05) is 19.9 Å². The Kier molecular flexibility index (Phi) is 6.60. The maximum atomic E-state index is 13.5. The first-order chi connectivity index (χ1) is 14.7. The summed E-state index contributed by atoms with van der Waals surface area (Å²) in [6.07, 6.45) is -3.92. The number of nitrogens with one attached hydrogen (secondary N) is 2. The average Bonchev–Trinajstić information content (AvgIpc) is 2.72. The fraction of sp³-hybridized carbons (Fsp3) is 0.227. The molecule has 0 atom stereocenters. The van der Waals surface area contributed by atoms with Gasteiger partial charge in [-0.1, -0.05) is 19.9 Å². The molecular weight excluding hydrogens is 407 g/mol. The summed E-state index contributed by atoms with van der Waals surface area (Å²) in [6, 6.07) is 15.0. The molecule has 0 fully saturated rings. The number of anilines is 4. The molecule has 0 aliphatic heterocycles. The van der Waals surface area contributed by atoms with Crippen LogP contribution in [0.15, 0.2) is 54.7 Å². The molecule has 2 N–H and O–H groups in total. The molecule has 0 aliphatic rings. The van der Waals surface area contributed by atoms with E-state index in [0.717, 1.165) is 6.20 Å². The Bertz CT molecular complexity index is 1080. The second-order valence-corrected chi connectivity index (χ2v) is 7.13. The second-order valence-electron chi connectivity index (χ2n) is 7.13. The number of ether oxygens (including phenoxy) is 1. The van der Waals surface area contributed by atoms with Gasteiger partial charge in [0, 0.05) is 23.6 Å². The highest BCUT2D eigenvalue weighted by Crippen LogP contribution is 2.35. The first-order valence-corrected chi connectivity index (χ1v) is 9.46. The van der Waals surface area contributed by atoms with Crippen LogP contribution in [-0.4, -0.2) is 16.6 Å². The monoisotopic (exact) mass is 427 g/mol. The molecule has 0 unspecified atom stereocenters. The van der Waals surface area contributed by atoms with E-state index in [1.54, 1.807) is 48.5 Å². The summed E-state index contributed by atoms with van der Waals surface area (Å²) >= 11 is 0. The van der Waals surface area contributed by atoms with Crippen molar-refractivity contribution in [2.24, 2.45) is 5.92 Å². The molecule has 9 heteroatoms. The molecule has 0 bridgehead atoms. The first-order valence-electron chi connectivity index (χ1n) is 9.46. The quantitative estimate of drug-likeness (QED) is 0.489. The Balaban J connectivity index is 1.87. The molecule has 160 valence electrons. The van der Waals surface area contributed by atoms with Crippen molar-refractivity contribution in [2.45, 2.75) is 20.0 Å². The SMILES string of the molecule is CC(C)COc1cccc(Nc2nc(Nc3ccc(C#N)cc3)ncc2C(F)(F)F)c1. The van der Waals surface area contributed by atoms with Crippen LogP contribution < -0.4 is 15.4 Å². The van der Waals surface area contributed by atoms with Crippen molar-refractivity contribution in [3.05, 3.63) is 65.9 Å². The summed E-state index contributed by atoms with van der Waals surface area (Å²) < 4.78 is 46.1. The third-order valence-electron chi connectivity index (χ3n) is 4.04. The minimum atomic E-state index is -4.64. The summed E-state index contributed by atoms with van der Waals surface area (Å²) in [4.78, 5) is 7.80. The lowest BCUT2D eigenvalue weighted by atomic mass is 10.2. The molecule has 2 aromatic carbocycles. The van der Waals surface area contributed by atoms with Gasteiger partial charge in [0.1, 0.15) is 17.1 Å². The molecule has 3 aromatic rings. The van der Waals surface area contributed by atoms with Crippen molar-refractivity contribution in [1.29, 1.82) is 5.26 Å². The predicted molar refractivity (Wildman–Crippen MR) is 112 cm³/mol. The zero-order chi connectivity index (χ0) is 22.4. The molecule has 31 heavy (non-hydrogen) atoms. The number of halogens is 3. The Morgan fingerprint density at radius 2 is 1.81 bits per heavy atom. The zero-order valence-corrected chi connectivity index (χ0v) is 16.9. The van der Waals surface area contributed by atoms with Gasteiger partial charge in [-0.2, -0.15) is 23.4 Å². The van der Waals surface area contributed by atoms with Crippen LogP contribution in [0.2, 0.25) is 0 Å². The van der Waals surface area contributed by atoms with Crippen molar-refractivity contribution in [2.75, 3.05) is 17.2 Å². The Morgan fingerprint density at radius 1 is 1.06 bits per heavy atom. The first kappa shape index (κ1) is 21.9. The summed E-state index contributed by atoms with van der Waals surface area (Å²) in [5.41, 5.74) is 0.399. The van der Waals surface area contributed by atoms with Gasteiger partial charge in [-0.25, -0.2) is 4.98 Å². The van der Waals surface area contributed by atoms with E-state index in [-0.39, 0.29) is 11.8 Å². The lowest BCUT2D eigenvalue weighted by molar-refractivity contribution is -0.137. The standard InChI is InChI=1S/C22H20F3N5O/c1-14(2)13-31-18-5-3-4-17(10-18)28-20-19(22(23,24)25)12-27-21(30-20)29-16-8-6-15(11-26)7-9-16/h3-10,12,14H,13H2,1-2H3,(H2,27,28,29,30). The van der Waals surface area contributed by atoms with Gasteiger partial charge in [0.15, 0.2) is 0 Å². The predicted octanol–water partition coefficient (Wildman–Crippen LogP) is 5.89. The van der Waals surface area contributed by atoms with Crippen LogP contribution in [0, 0.1) is 17.2 Å². The smallest absolute Gasteiger partial charge is 0.421 e. The molecule has 0 saturated heterocycles. The number of nitriles is 1. The summed E-state index contributed by atoms with van der Waals surface area (Å²) in [6.45, 7) is 4.49. The number of hydrogen-bond acceptors (Lipinski definition) is 6. The number of aromatic nitrogens is 2. The fourth-order valence-corrected chi connectivity index (χ4v) is 2.57. The number of rotatable bonds is 7. The summed E-state index contributed by atoms with van der Waals surface area (Å²) in [5, 5.41) is 14.4. The van der Waals surface area contributed by atoms with Gasteiger partial charge >= 0.3 is 6.18 Å². The van der Waals surface area contributed by atoms with Crippen molar-refractivity contribution < 1.29 is 17.9 Å². The van der Waals surface area contributed by atoms with E-state index in [0.29, 0.717) is 35.2 Å². The van der Waals surface area contributed by atoms with Crippen molar-refractivity contribution >= 4 is 23.1 Å². The van der Waals surface area contributed by atoms with E-state index < -0.39 is 11.7 Å². The van der Waals surface area contributed by atoms with Crippen LogP contribution in [0.3, 0.4) is 0 Å². The number of benzene rings is 2. The topological polar surface area (TPSA) is 82.9 Å². The highest BCUT2D eigenvalue weighted by molar-refractivity contribution is 5.64. The number of alkyl halides is 3. The van der Waals surface area contributed by atoms with E-state index in [1.165, 1.54) is 0 Å². The Morgan fingerprint density at radius 3 is 2.45 bits per heavy atom. The normalized spacial score (nSPS) is 11.1. The molecular formula is C22H20F3N5O. The Hall–Kier alpha value is -3.80. The van der Waals surface area contributed by atoms with Crippen molar-refractivity contribution in [3.8, 4) is 11.8 Å². The minimum absolute atomic E-state index is 0.0209. The molecule has 1 heterocycles. The third-order valence-corrected chi connectivity index (χ3v) is 4.04. The average molecular weight is 427 g/mol. The van der Waals surface area contributed by atoms with Crippen LogP contribution in [0.25, 0.3) is 0 Å². The van der Waals surface area contributed by atoms with Gasteiger partial charge < -0.3 is 15.4 Å². The molecule has 3 rings (SSSR count). The molecule has 1 aromatic heterocycles.